The van der Waals surface area contributed by atoms with Crippen LogP contribution in [0.25, 0.3) is 11.1 Å². The van der Waals surface area contributed by atoms with Crippen molar-refractivity contribution in [3.8, 4) is 11.1 Å². The lowest BCUT2D eigenvalue weighted by Crippen LogP contribution is -2.16. The molecule has 0 unspecified atom stereocenters. The van der Waals surface area contributed by atoms with Crippen molar-refractivity contribution in [2.24, 2.45) is 7.05 Å². The first-order valence-electron chi connectivity index (χ1n) is 9.40. The molecule has 0 radical (unpaired) electrons. The average molecular weight is 445 g/mol. The minimum absolute atomic E-state index is 0.155. The summed E-state index contributed by atoms with van der Waals surface area (Å²) in [6, 6.07) is 7.86. The minimum Gasteiger partial charge on any atom is -0.465 e. The van der Waals surface area contributed by atoms with Gasteiger partial charge in [-0.1, -0.05) is 55.4 Å². The largest absolute Gasteiger partial charge is 0.465 e. The maximum atomic E-state index is 12.6. The standard InChI is InChI=1S/C21H24N4O3S2/c1-12(2)18-23-24-21(25(18)4)30-11-16(26)22-19-17(20(27)28-5)15(10-29-19)14-8-6-13(3)7-9-14/h6-10,12H,11H2,1-5H3,(H,22,26). The molecule has 0 atom stereocenters. The molecule has 1 aromatic carbocycles. The third-order valence-electron chi connectivity index (χ3n) is 4.51. The van der Waals surface area contributed by atoms with Gasteiger partial charge in [-0.25, -0.2) is 4.79 Å². The number of esters is 1. The predicted octanol–water partition coefficient (Wildman–Crippen LogP) is 4.49. The lowest BCUT2D eigenvalue weighted by Gasteiger charge is -2.08. The molecule has 1 amide bonds. The Morgan fingerprint density at radius 2 is 1.93 bits per heavy atom. The van der Waals surface area contributed by atoms with Gasteiger partial charge >= 0.3 is 5.97 Å². The van der Waals surface area contributed by atoms with Gasteiger partial charge in [-0.3, -0.25) is 4.79 Å². The topological polar surface area (TPSA) is 86.1 Å². The van der Waals surface area contributed by atoms with Crippen LogP contribution in [0.4, 0.5) is 5.00 Å². The molecule has 0 aliphatic heterocycles. The molecule has 1 N–H and O–H groups in total. The second-order valence-electron chi connectivity index (χ2n) is 7.10. The first kappa shape index (κ1) is 22.0. The molecule has 0 saturated carbocycles. The number of aryl methyl sites for hydroxylation is 1. The van der Waals surface area contributed by atoms with Gasteiger partial charge in [0.15, 0.2) is 5.16 Å². The molecule has 0 aliphatic carbocycles. The van der Waals surface area contributed by atoms with Crippen LogP contribution in [0, 0.1) is 6.92 Å². The van der Waals surface area contributed by atoms with Crippen LogP contribution < -0.4 is 5.32 Å². The Balaban J connectivity index is 1.76. The van der Waals surface area contributed by atoms with Crippen LogP contribution in [0.2, 0.25) is 0 Å². The summed E-state index contributed by atoms with van der Waals surface area (Å²) in [5.41, 5.74) is 3.13. The maximum Gasteiger partial charge on any atom is 0.341 e. The Bertz CT molecular complexity index is 1050. The molecule has 0 saturated heterocycles. The van der Waals surface area contributed by atoms with E-state index in [-0.39, 0.29) is 17.6 Å². The van der Waals surface area contributed by atoms with E-state index in [1.165, 1.54) is 30.2 Å². The molecular weight excluding hydrogens is 420 g/mol. The van der Waals surface area contributed by atoms with Gasteiger partial charge in [0.25, 0.3) is 0 Å². The van der Waals surface area contributed by atoms with E-state index in [1.54, 1.807) is 0 Å². The van der Waals surface area contributed by atoms with Crippen molar-refractivity contribution in [1.82, 2.24) is 14.8 Å². The van der Waals surface area contributed by atoms with Crippen molar-refractivity contribution in [1.29, 1.82) is 0 Å². The van der Waals surface area contributed by atoms with E-state index >= 15 is 0 Å². The van der Waals surface area contributed by atoms with Crippen LogP contribution in [0.3, 0.4) is 0 Å². The van der Waals surface area contributed by atoms with Crippen LogP contribution in [0.5, 0.6) is 0 Å². The van der Waals surface area contributed by atoms with Crippen LogP contribution >= 0.6 is 23.1 Å². The highest BCUT2D eigenvalue weighted by atomic mass is 32.2. The summed E-state index contributed by atoms with van der Waals surface area (Å²) in [5, 5.41) is 14.2. The van der Waals surface area contributed by atoms with E-state index in [0.717, 1.165) is 22.5 Å². The van der Waals surface area contributed by atoms with Gasteiger partial charge in [0, 0.05) is 23.9 Å². The molecule has 3 aromatic rings. The van der Waals surface area contributed by atoms with E-state index < -0.39 is 5.97 Å². The number of thiophene rings is 1. The van der Waals surface area contributed by atoms with E-state index in [9.17, 15) is 9.59 Å². The average Bonchev–Trinajstić information content (AvgIpc) is 3.30. The molecule has 0 bridgehead atoms. The summed E-state index contributed by atoms with van der Waals surface area (Å²) in [7, 11) is 3.22. The number of anilines is 1. The number of amides is 1. The third-order valence-corrected chi connectivity index (χ3v) is 6.43. The summed E-state index contributed by atoms with van der Waals surface area (Å²) in [6.07, 6.45) is 0. The van der Waals surface area contributed by atoms with Gasteiger partial charge in [-0.15, -0.1) is 21.5 Å². The van der Waals surface area contributed by atoms with Crippen LogP contribution in [0.15, 0.2) is 34.8 Å². The Morgan fingerprint density at radius 3 is 2.53 bits per heavy atom. The summed E-state index contributed by atoms with van der Waals surface area (Å²) in [5.74, 6) is 0.565. The number of aromatic nitrogens is 3. The fraction of sp³-hybridized carbons (Fsp3) is 0.333. The number of carbonyl (C=O) groups excluding carboxylic acids is 2. The van der Waals surface area contributed by atoms with Crippen molar-refractivity contribution in [2.75, 3.05) is 18.2 Å². The molecule has 2 aromatic heterocycles. The zero-order valence-electron chi connectivity index (χ0n) is 17.6. The minimum atomic E-state index is -0.482. The zero-order valence-corrected chi connectivity index (χ0v) is 19.2. The molecule has 158 valence electrons. The lowest BCUT2D eigenvalue weighted by atomic mass is 10.0. The van der Waals surface area contributed by atoms with Crippen molar-refractivity contribution in [2.45, 2.75) is 31.8 Å². The lowest BCUT2D eigenvalue weighted by molar-refractivity contribution is -0.113. The quantitative estimate of drug-likeness (QED) is 0.427. The molecule has 2 heterocycles. The third kappa shape index (κ3) is 4.73. The van der Waals surface area contributed by atoms with Crippen LogP contribution in [-0.4, -0.2) is 39.5 Å². The maximum absolute atomic E-state index is 12.6. The number of hydrogen-bond donors (Lipinski definition) is 1. The van der Waals surface area contributed by atoms with E-state index in [0.29, 0.717) is 15.7 Å². The fourth-order valence-corrected chi connectivity index (χ4v) is 4.64. The number of benzene rings is 1. The number of methoxy groups -OCH3 is 1. The Morgan fingerprint density at radius 1 is 1.23 bits per heavy atom. The monoisotopic (exact) mass is 444 g/mol. The SMILES string of the molecule is COC(=O)c1c(-c2ccc(C)cc2)csc1NC(=O)CSc1nnc(C(C)C)n1C. The van der Waals surface area contributed by atoms with Crippen molar-refractivity contribution >= 4 is 40.0 Å². The zero-order chi connectivity index (χ0) is 21.8. The molecular formula is C21H24N4O3S2. The Hall–Kier alpha value is -2.65. The van der Waals surface area contributed by atoms with Crippen LogP contribution in [-0.2, 0) is 16.6 Å². The first-order valence-corrected chi connectivity index (χ1v) is 11.3. The number of nitrogens with zero attached hydrogens (tertiary/aromatic N) is 3. The van der Waals surface area contributed by atoms with Crippen molar-refractivity contribution in [3.05, 3.63) is 46.6 Å². The van der Waals surface area contributed by atoms with Crippen molar-refractivity contribution < 1.29 is 14.3 Å². The highest BCUT2D eigenvalue weighted by Crippen LogP contribution is 2.36. The molecule has 0 fully saturated rings. The number of nitrogens with one attached hydrogen (secondary N) is 1. The number of hydrogen-bond acceptors (Lipinski definition) is 7. The summed E-state index contributed by atoms with van der Waals surface area (Å²) < 4.78 is 6.85. The summed E-state index contributed by atoms with van der Waals surface area (Å²) in [6.45, 7) is 6.09. The van der Waals surface area contributed by atoms with Gasteiger partial charge in [0.2, 0.25) is 5.91 Å². The normalized spacial score (nSPS) is 11.0. The van der Waals surface area contributed by atoms with Crippen LogP contribution in [0.1, 0.15) is 41.5 Å². The highest BCUT2D eigenvalue weighted by molar-refractivity contribution is 7.99. The second-order valence-corrected chi connectivity index (χ2v) is 8.92. The van der Waals surface area contributed by atoms with Gasteiger partial charge in [0.1, 0.15) is 16.4 Å². The first-order chi connectivity index (χ1) is 14.3. The second kappa shape index (κ2) is 9.44. The number of rotatable bonds is 7. The number of carbonyl (C=O) groups is 2. The Labute approximate surface area is 183 Å². The molecule has 0 aliphatic rings. The van der Waals surface area contributed by atoms with Gasteiger partial charge < -0.3 is 14.6 Å². The van der Waals surface area contributed by atoms with Gasteiger partial charge in [-0.2, -0.15) is 0 Å². The predicted molar refractivity (Wildman–Crippen MR) is 120 cm³/mol. The summed E-state index contributed by atoms with van der Waals surface area (Å²) >= 11 is 2.61. The number of thioether (sulfide) groups is 1. The van der Waals surface area contributed by atoms with E-state index in [2.05, 4.69) is 15.5 Å². The summed E-state index contributed by atoms with van der Waals surface area (Å²) in [4.78, 5) is 25.0. The van der Waals surface area contributed by atoms with E-state index in [4.69, 9.17) is 4.74 Å². The molecule has 0 spiro atoms. The molecule has 9 heteroatoms. The molecule has 30 heavy (non-hydrogen) atoms. The van der Waals surface area contributed by atoms with Gasteiger partial charge in [-0.05, 0) is 12.5 Å². The van der Waals surface area contributed by atoms with Crippen molar-refractivity contribution in [3.63, 3.8) is 0 Å². The number of ether oxygens (including phenoxy) is 1. The van der Waals surface area contributed by atoms with E-state index in [1.807, 2.05) is 62.0 Å². The molecule has 3 rings (SSSR count). The van der Waals surface area contributed by atoms with Gasteiger partial charge in [0.05, 0.1) is 12.9 Å². The molecule has 7 nitrogen and oxygen atoms in total. The fourth-order valence-electron chi connectivity index (χ4n) is 2.95. The highest BCUT2D eigenvalue weighted by Gasteiger charge is 2.22. The smallest absolute Gasteiger partial charge is 0.341 e. The Kier molecular flexibility index (Phi) is 6.94.